The number of fused-ring (bicyclic) bond motifs is 2. The monoisotopic (exact) mass is 640 g/mol. The maximum Gasteiger partial charge on any atom is 0.379 e. The molecule has 0 fully saturated rings. The average Bonchev–Trinajstić information content (AvgIpc) is 3.31. The molecule has 0 radical (unpaired) electrons. The normalized spacial score (nSPS) is 14.2. The van der Waals surface area contributed by atoms with E-state index in [1.54, 1.807) is 31.2 Å². The molecule has 2 heterocycles. The number of furan rings is 1. The Kier molecular flexibility index (Phi) is 7.38. The van der Waals surface area contributed by atoms with Crippen LogP contribution in [0.3, 0.4) is 0 Å². The Labute approximate surface area is 254 Å². The van der Waals surface area contributed by atoms with Crippen molar-refractivity contribution in [1.82, 2.24) is 0 Å². The van der Waals surface area contributed by atoms with Crippen molar-refractivity contribution in [1.29, 1.82) is 5.26 Å². The number of nitrogens with two attached hydrogens (primary N) is 1. The third kappa shape index (κ3) is 5.20. The molecule has 6 rings (SSSR count). The lowest BCUT2D eigenvalue weighted by molar-refractivity contribution is 0.0702. The predicted molar refractivity (Wildman–Crippen MR) is 162 cm³/mol. The number of nitriles is 1. The van der Waals surface area contributed by atoms with E-state index in [4.69, 9.17) is 36.0 Å². The quantitative estimate of drug-likeness (QED) is 0.147. The standard InChI is InChI=1S/C33H22BrClN2O5/c1-18-25-14-21(34)8-13-28(25)41-31(18)33(38)40-23-11-12-24-29(15-23)42-32(37)26(16-36)30(24)19-6-9-22(10-7-19)39-17-20-4-2-3-5-27(20)35/h2-15,30H,17,37H2,1H3. The van der Waals surface area contributed by atoms with Crippen molar-refractivity contribution in [3.05, 3.63) is 134 Å². The molecule has 2 N–H and O–H groups in total. The second kappa shape index (κ2) is 11.3. The largest absolute Gasteiger partial charge is 0.489 e. The molecule has 0 saturated heterocycles. The van der Waals surface area contributed by atoms with E-state index in [9.17, 15) is 10.1 Å². The van der Waals surface area contributed by atoms with Gasteiger partial charge in [0.05, 0.1) is 5.92 Å². The van der Waals surface area contributed by atoms with Crippen molar-refractivity contribution in [3.63, 3.8) is 0 Å². The van der Waals surface area contributed by atoms with Gasteiger partial charge in [-0.1, -0.05) is 63.9 Å². The van der Waals surface area contributed by atoms with Crippen molar-refractivity contribution in [3.8, 4) is 23.3 Å². The SMILES string of the molecule is Cc1c(C(=O)Oc2ccc3c(c2)OC(N)=C(C#N)C3c2ccc(OCc3ccccc3Cl)cc2)oc2ccc(Br)cc12. The minimum Gasteiger partial charge on any atom is -0.489 e. The van der Waals surface area contributed by atoms with E-state index in [1.807, 2.05) is 60.7 Å². The molecule has 1 aromatic heterocycles. The zero-order chi connectivity index (χ0) is 29.4. The second-order valence-electron chi connectivity index (χ2n) is 9.66. The Morgan fingerprint density at radius 3 is 2.57 bits per heavy atom. The van der Waals surface area contributed by atoms with Crippen LogP contribution in [0.15, 0.2) is 105 Å². The lowest BCUT2D eigenvalue weighted by atomic mass is 9.83. The molecule has 1 atom stereocenters. The summed E-state index contributed by atoms with van der Waals surface area (Å²) in [4.78, 5) is 13.0. The minimum absolute atomic E-state index is 0.0174. The van der Waals surface area contributed by atoms with Crippen LogP contribution in [-0.4, -0.2) is 5.97 Å². The Balaban J connectivity index is 1.25. The molecule has 1 aliphatic rings. The number of benzene rings is 4. The van der Waals surface area contributed by atoms with Crippen LogP contribution < -0.4 is 19.9 Å². The van der Waals surface area contributed by atoms with Crippen molar-refractivity contribution < 1.29 is 23.4 Å². The number of hydrogen-bond acceptors (Lipinski definition) is 7. The van der Waals surface area contributed by atoms with E-state index in [1.165, 1.54) is 0 Å². The highest BCUT2D eigenvalue weighted by Crippen LogP contribution is 2.44. The van der Waals surface area contributed by atoms with E-state index in [-0.39, 0.29) is 23.0 Å². The van der Waals surface area contributed by atoms with Gasteiger partial charge in [-0.2, -0.15) is 5.26 Å². The van der Waals surface area contributed by atoms with Crippen LogP contribution in [-0.2, 0) is 6.61 Å². The molecule has 0 amide bonds. The summed E-state index contributed by atoms with van der Waals surface area (Å²) in [5, 5.41) is 11.4. The van der Waals surface area contributed by atoms with Gasteiger partial charge in [0.1, 0.15) is 41.1 Å². The number of carbonyl (C=O) groups excluding carboxylic acids is 1. The molecule has 9 heteroatoms. The summed E-state index contributed by atoms with van der Waals surface area (Å²) < 4.78 is 24.0. The van der Waals surface area contributed by atoms with Gasteiger partial charge in [0.2, 0.25) is 11.6 Å². The molecule has 1 unspecified atom stereocenters. The molecule has 5 aromatic rings. The summed E-state index contributed by atoms with van der Waals surface area (Å²) >= 11 is 9.68. The van der Waals surface area contributed by atoms with Crippen LogP contribution in [0.25, 0.3) is 11.0 Å². The number of carbonyl (C=O) groups is 1. The first-order valence-corrected chi connectivity index (χ1v) is 14.1. The van der Waals surface area contributed by atoms with E-state index in [2.05, 4.69) is 22.0 Å². The first kappa shape index (κ1) is 27.5. The van der Waals surface area contributed by atoms with Gasteiger partial charge in [0.25, 0.3) is 0 Å². The molecule has 7 nitrogen and oxygen atoms in total. The van der Waals surface area contributed by atoms with E-state index in [0.29, 0.717) is 39.8 Å². The highest BCUT2D eigenvalue weighted by Gasteiger charge is 2.31. The van der Waals surface area contributed by atoms with Gasteiger partial charge >= 0.3 is 5.97 Å². The van der Waals surface area contributed by atoms with E-state index >= 15 is 0 Å². The van der Waals surface area contributed by atoms with Gasteiger partial charge in [-0.15, -0.1) is 0 Å². The van der Waals surface area contributed by atoms with E-state index in [0.717, 1.165) is 21.0 Å². The average molecular weight is 642 g/mol. The van der Waals surface area contributed by atoms with E-state index < -0.39 is 11.9 Å². The summed E-state index contributed by atoms with van der Waals surface area (Å²) in [5.41, 5.74) is 10.1. The molecule has 4 aromatic carbocycles. The van der Waals surface area contributed by atoms with Gasteiger partial charge < -0.3 is 24.4 Å². The maximum atomic E-state index is 13.0. The number of allylic oxidation sites excluding steroid dienone is 1. The molecule has 0 spiro atoms. The third-order valence-corrected chi connectivity index (χ3v) is 7.91. The molecule has 1 aliphatic heterocycles. The number of rotatable bonds is 6. The zero-order valence-corrected chi connectivity index (χ0v) is 24.5. The van der Waals surface area contributed by atoms with Gasteiger partial charge in [-0.05, 0) is 55.0 Å². The minimum atomic E-state index is -0.638. The van der Waals surface area contributed by atoms with Crippen LogP contribution in [0.5, 0.6) is 17.2 Å². The predicted octanol–water partition coefficient (Wildman–Crippen LogP) is 8.17. The fourth-order valence-corrected chi connectivity index (χ4v) is 5.47. The number of nitrogens with zero attached hydrogens (tertiary/aromatic N) is 1. The molecule has 0 aliphatic carbocycles. The molecule has 42 heavy (non-hydrogen) atoms. The zero-order valence-electron chi connectivity index (χ0n) is 22.2. The summed E-state index contributed by atoms with van der Waals surface area (Å²) in [6, 6.07) is 27.6. The van der Waals surface area contributed by atoms with Crippen LogP contribution in [0.1, 0.15) is 38.7 Å². The van der Waals surface area contributed by atoms with Crippen molar-refractivity contribution in [2.75, 3.05) is 0 Å². The molecular weight excluding hydrogens is 620 g/mol. The molecule has 0 bridgehead atoms. The number of halogens is 2. The van der Waals surface area contributed by atoms with Gasteiger partial charge in [-0.3, -0.25) is 0 Å². The molecule has 208 valence electrons. The first-order valence-electron chi connectivity index (χ1n) is 12.9. The Bertz CT molecular complexity index is 1920. The fraction of sp³-hybridized carbons (Fsp3) is 0.0909. The number of hydrogen-bond donors (Lipinski definition) is 1. The maximum absolute atomic E-state index is 13.0. The second-order valence-corrected chi connectivity index (χ2v) is 11.0. The van der Waals surface area contributed by atoms with Crippen LogP contribution in [0, 0.1) is 18.3 Å². The number of aryl methyl sites for hydroxylation is 1. The Morgan fingerprint density at radius 2 is 1.81 bits per heavy atom. The fourth-order valence-electron chi connectivity index (χ4n) is 4.92. The highest BCUT2D eigenvalue weighted by molar-refractivity contribution is 9.10. The summed E-state index contributed by atoms with van der Waals surface area (Å²) in [6.45, 7) is 2.12. The topological polar surface area (TPSA) is 108 Å². The summed E-state index contributed by atoms with van der Waals surface area (Å²) in [6.07, 6.45) is 0. The van der Waals surface area contributed by atoms with Gasteiger partial charge in [0, 0.05) is 37.6 Å². The van der Waals surface area contributed by atoms with Crippen LogP contribution in [0.2, 0.25) is 5.02 Å². The lowest BCUT2D eigenvalue weighted by Crippen LogP contribution is -2.21. The van der Waals surface area contributed by atoms with Gasteiger partial charge in [0.15, 0.2) is 0 Å². The Morgan fingerprint density at radius 1 is 1.05 bits per heavy atom. The van der Waals surface area contributed by atoms with Gasteiger partial charge in [-0.25, -0.2) is 4.79 Å². The lowest BCUT2D eigenvalue weighted by Gasteiger charge is -2.26. The summed E-state index contributed by atoms with van der Waals surface area (Å²) in [5.74, 6) is 0.245. The van der Waals surface area contributed by atoms with Crippen LogP contribution in [0.4, 0.5) is 0 Å². The summed E-state index contributed by atoms with van der Waals surface area (Å²) in [7, 11) is 0. The molecular formula is C33H22BrClN2O5. The van der Waals surface area contributed by atoms with Crippen molar-refractivity contribution in [2.24, 2.45) is 5.73 Å². The number of esters is 1. The Hall–Kier alpha value is -4.71. The first-order chi connectivity index (χ1) is 20.3. The smallest absolute Gasteiger partial charge is 0.379 e. The number of ether oxygens (including phenoxy) is 3. The van der Waals surface area contributed by atoms with Crippen molar-refractivity contribution in [2.45, 2.75) is 19.4 Å². The highest BCUT2D eigenvalue weighted by atomic mass is 79.9. The molecule has 0 saturated carbocycles. The van der Waals surface area contributed by atoms with Crippen molar-refractivity contribution >= 4 is 44.5 Å². The third-order valence-electron chi connectivity index (χ3n) is 7.05. The van der Waals surface area contributed by atoms with Crippen LogP contribution >= 0.6 is 27.5 Å².